The van der Waals surface area contributed by atoms with Crippen LogP contribution in [-0.4, -0.2) is 63.2 Å². The van der Waals surface area contributed by atoms with Gasteiger partial charge in [0.25, 0.3) is 5.91 Å². The number of nitrogens with one attached hydrogen (secondary N) is 1. The summed E-state index contributed by atoms with van der Waals surface area (Å²) < 4.78 is 25.0. The number of amides is 1. The molecule has 0 bridgehead atoms. The number of carbonyl (C=O) groups is 1. The number of hydrogen-bond donors (Lipinski definition) is 1. The van der Waals surface area contributed by atoms with Gasteiger partial charge >= 0.3 is 0 Å². The number of sulfone groups is 1. The summed E-state index contributed by atoms with van der Waals surface area (Å²) in [4.78, 5) is 27.2. The molecule has 4 rings (SSSR count). The van der Waals surface area contributed by atoms with Crippen LogP contribution in [0.1, 0.15) is 16.3 Å². The molecule has 1 fully saturated rings. The van der Waals surface area contributed by atoms with Crippen LogP contribution in [0.2, 0.25) is 5.02 Å². The summed E-state index contributed by atoms with van der Waals surface area (Å²) >= 11 is 5.76. The van der Waals surface area contributed by atoms with Crippen molar-refractivity contribution >= 4 is 38.8 Å². The summed E-state index contributed by atoms with van der Waals surface area (Å²) in [5.74, 6) is 0.162. The standard InChI is InChI=1S/C17H17ClN6O3S/c18-12-9-19-17(20-10-12)22-16(25)15-21-13(14-3-1-2-4-24(14)15)11-23-5-7-28(26,27)8-6-23/h1-4,9-10H,5-8,11H2,(H,19,20,22,25). The maximum atomic E-state index is 12.7. The van der Waals surface area contributed by atoms with Gasteiger partial charge < -0.3 is 0 Å². The molecule has 0 radical (unpaired) electrons. The van der Waals surface area contributed by atoms with Gasteiger partial charge in [-0.15, -0.1) is 0 Å². The lowest BCUT2D eigenvalue weighted by atomic mass is 10.3. The van der Waals surface area contributed by atoms with E-state index in [1.165, 1.54) is 12.4 Å². The Bertz CT molecular complexity index is 1120. The molecule has 0 spiro atoms. The summed E-state index contributed by atoms with van der Waals surface area (Å²) in [5.41, 5.74) is 1.50. The molecular formula is C17H17ClN6O3S. The Morgan fingerprint density at radius 2 is 1.89 bits per heavy atom. The summed E-state index contributed by atoms with van der Waals surface area (Å²) in [6.45, 7) is 1.37. The molecule has 0 saturated carbocycles. The van der Waals surface area contributed by atoms with Crippen LogP contribution >= 0.6 is 11.6 Å². The maximum Gasteiger partial charge on any atom is 0.294 e. The number of rotatable bonds is 4. The van der Waals surface area contributed by atoms with E-state index < -0.39 is 15.7 Å². The summed E-state index contributed by atoms with van der Waals surface area (Å²) in [6, 6.07) is 5.55. The highest BCUT2D eigenvalue weighted by molar-refractivity contribution is 7.91. The van der Waals surface area contributed by atoms with Gasteiger partial charge in [0.05, 0.1) is 40.1 Å². The first kappa shape index (κ1) is 18.8. The monoisotopic (exact) mass is 420 g/mol. The highest BCUT2D eigenvalue weighted by Crippen LogP contribution is 2.17. The van der Waals surface area contributed by atoms with Crippen LogP contribution in [0.25, 0.3) is 5.52 Å². The fraction of sp³-hybridized carbons (Fsp3) is 0.294. The maximum absolute atomic E-state index is 12.7. The molecule has 1 saturated heterocycles. The topological polar surface area (TPSA) is 110 Å². The molecule has 3 aromatic heterocycles. The summed E-state index contributed by atoms with van der Waals surface area (Å²) in [7, 11) is -2.95. The second-order valence-corrected chi connectivity index (χ2v) is 9.19. The zero-order valence-electron chi connectivity index (χ0n) is 14.7. The molecule has 9 nitrogen and oxygen atoms in total. The molecule has 0 aromatic carbocycles. The van der Waals surface area contributed by atoms with E-state index in [-0.39, 0.29) is 23.3 Å². The molecule has 3 aromatic rings. The number of nitrogens with zero attached hydrogens (tertiary/aromatic N) is 5. The Balaban J connectivity index is 1.59. The Labute approximate surface area is 166 Å². The van der Waals surface area contributed by atoms with E-state index in [2.05, 4.69) is 20.3 Å². The Hall–Kier alpha value is -2.56. The second-order valence-electron chi connectivity index (χ2n) is 6.44. The highest BCUT2D eigenvalue weighted by atomic mass is 35.5. The molecule has 1 aliphatic rings. The third-order valence-corrected chi connectivity index (χ3v) is 6.29. The van der Waals surface area contributed by atoms with Crippen molar-refractivity contribution in [1.82, 2.24) is 24.3 Å². The molecule has 0 aliphatic carbocycles. The normalized spacial score (nSPS) is 16.9. The van der Waals surface area contributed by atoms with E-state index in [0.29, 0.717) is 30.4 Å². The van der Waals surface area contributed by atoms with Crippen LogP contribution in [-0.2, 0) is 16.4 Å². The first-order valence-electron chi connectivity index (χ1n) is 8.59. The SMILES string of the molecule is O=C(Nc1ncc(Cl)cn1)c1nc(CN2CCS(=O)(=O)CC2)c2ccccn12. The van der Waals surface area contributed by atoms with Crippen molar-refractivity contribution in [3.63, 3.8) is 0 Å². The molecule has 1 N–H and O–H groups in total. The average Bonchev–Trinajstić information content (AvgIpc) is 3.04. The minimum atomic E-state index is -2.95. The van der Waals surface area contributed by atoms with E-state index >= 15 is 0 Å². The smallest absolute Gasteiger partial charge is 0.294 e. The van der Waals surface area contributed by atoms with E-state index in [1.807, 2.05) is 23.1 Å². The van der Waals surface area contributed by atoms with E-state index in [4.69, 9.17) is 11.6 Å². The van der Waals surface area contributed by atoms with Gasteiger partial charge in [0.1, 0.15) is 0 Å². The number of anilines is 1. The quantitative estimate of drug-likeness (QED) is 0.676. The number of fused-ring (bicyclic) bond motifs is 1. The van der Waals surface area contributed by atoms with Crippen molar-refractivity contribution in [3.05, 3.63) is 53.3 Å². The lowest BCUT2D eigenvalue weighted by molar-refractivity contribution is 0.101. The minimum absolute atomic E-state index is 0.130. The van der Waals surface area contributed by atoms with Gasteiger partial charge in [-0.3, -0.25) is 19.4 Å². The molecule has 1 amide bonds. The number of halogens is 1. The molecule has 0 unspecified atom stereocenters. The Morgan fingerprint density at radius 1 is 1.18 bits per heavy atom. The van der Waals surface area contributed by atoms with Crippen molar-refractivity contribution < 1.29 is 13.2 Å². The third kappa shape index (κ3) is 3.98. The van der Waals surface area contributed by atoms with Gasteiger partial charge in [0.15, 0.2) is 9.84 Å². The third-order valence-electron chi connectivity index (χ3n) is 4.48. The fourth-order valence-corrected chi connectivity index (χ4v) is 4.41. The van der Waals surface area contributed by atoms with Crippen molar-refractivity contribution in [2.24, 2.45) is 0 Å². The molecule has 0 atom stereocenters. The molecule has 11 heteroatoms. The number of aromatic nitrogens is 4. The van der Waals surface area contributed by atoms with Crippen LogP contribution in [0.3, 0.4) is 0 Å². The first-order chi connectivity index (χ1) is 13.4. The lowest BCUT2D eigenvalue weighted by Gasteiger charge is -2.25. The molecule has 28 heavy (non-hydrogen) atoms. The van der Waals surface area contributed by atoms with Crippen LogP contribution in [0.15, 0.2) is 36.8 Å². The first-order valence-corrected chi connectivity index (χ1v) is 10.8. The summed E-state index contributed by atoms with van der Waals surface area (Å²) in [5, 5.41) is 2.98. The molecule has 1 aliphatic heterocycles. The summed E-state index contributed by atoms with van der Waals surface area (Å²) in [6.07, 6.45) is 4.54. The van der Waals surface area contributed by atoms with Gasteiger partial charge in [-0.2, -0.15) is 0 Å². The van der Waals surface area contributed by atoms with Gasteiger partial charge in [-0.1, -0.05) is 17.7 Å². The molecule has 146 valence electrons. The van der Waals surface area contributed by atoms with Crippen molar-refractivity contribution in [3.8, 4) is 0 Å². The number of hydrogen-bond acceptors (Lipinski definition) is 7. The Morgan fingerprint density at radius 3 is 2.61 bits per heavy atom. The predicted octanol–water partition coefficient (Wildman–Crippen LogP) is 1.26. The number of pyridine rings is 1. The zero-order valence-corrected chi connectivity index (χ0v) is 16.3. The minimum Gasteiger partial charge on any atom is -0.295 e. The fourth-order valence-electron chi connectivity index (χ4n) is 3.03. The number of carbonyl (C=O) groups excluding carboxylic acids is 1. The lowest BCUT2D eigenvalue weighted by Crippen LogP contribution is -2.39. The van der Waals surface area contributed by atoms with Crippen LogP contribution < -0.4 is 5.32 Å². The van der Waals surface area contributed by atoms with Crippen LogP contribution in [0, 0.1) is 0 Å². The van der Waals surface area contributed by atoms with Crippen LogP contribution in [0.5, 0.6) is 0 Å². The van der Waals surface area contributed by atoms with E-state index in [9.17, 15) is 13.2 Å². The van der Waals surface area contributed by atoms with Crippen LogP contribution in [0.4, 0.5) is 5.95 Å². The average molecular weight is 421 g/mol. The predicted molar refractivity (Wildman–Crippen MR) is 104 cm³/mol. The molecule has 4 heterocycles. The van der Waals surface area contributed by atoms with Gasteiger partial charge in [-0.05, 0) is 12.1 Å². The zero-order chi connectivity index (χ0) is 19.7. The van der Waals surface area contributed by atoms with Gasteiger partial charge in [0.2, 0.25) is 11.8 Å². The number of imidazole rings is 1. The van der Waals surface area contributed by atoms with E-state index in [0.717, 1.165) is 5.52 Å². The van der Waals surface area contributed by atoms with Gasteiger partial charge in [0, 0.05) is 25.8 Å². The highest BCUT2D eigenvalue weighted by Gasteiger charge is 2.24. The van der Waals surface area contributed by atoms with Crippen molar-refractivity contribution in [2.75, 3.05) is 29.9 Å². The van der Waals surface area contributed by atoms with Crippen molar-refractivity contribution in [1.29, 1.82) is 0 Å². The largest absolute Gasteiger partial charge is 0.295 e. The van der Waals surface area contributed by atoms with E-state index in [1.54, 1.807) is 10.6 Å². The Kier molecular flexibility index (Phi) is 5.00. The van der Waals surface area contributed by atoms with Gasteiger partial charge in [-0.25, -0.2) is 23.4 Å². The van der Waals surface area contributed by atoms with Crippen molar-refractivity contribution in [2.45, 2.75) is 6.54 Å². The molecular weight excluding hydrogens is 404 g/mol. The second kappa shape index (κ2) is 7.46.